The molecule has 0 aliphatic rings. The fourth-order valence-corrected chi connectivity index (χ4v) is 2.16. The third-order valence-corrected chi connectivity index (χ3v) is 3.34. The second-order valence-electron chi connectivity index (χ2n) is 3.63. The lowest BCUT2D eigenvalue weighted by Gasteiger charge is -2.12. The van der Waals surface area contributed by atoms with Gasteiger partial charge in [0, 0.05) is 6.54 Å². The summed E-state index contributed by atoms with van der Waals surface area (Å²) in [6, 6.07) is 5.85. The molecule has 3 N–H and O–H groups in total. The van der Waals surface area contributed by atoms with Crippen LogP contribution in [0.3, 0.4) is 0 Å². The van der Waals surface area contributed by atoms with Crippen molar-refractivity contribution in [2.45, 2.75) is 20.3 Å². The standard InChI is InChI=1S/C13H22N2OS/c1-3-16-12-8-5-7-11(13(12)14)15-9-6-10-17-4-2/h5,7-8,15H,3-4,6,9-10,14H2,1-2H3. The minimum atomic E-state index is 0.640. The Hall–Kier alpha value is -1.03. The van der Waals surface area contributed by atoms with Gasteiger partial charge in [0.05, 0.1) is 18.0 Å². The van der Waals surface area contributed by atoms with Crippen LogP contribution in [-0.4, -0.2) is 24.7 Å². The van der Waals surface area contributed by atoms with Gasteiger partial charge in [0.25, 0.3) is 0 Å². The number of hydrogen-bond donors (Lipinski definition) is 2. The van der Waals surface area contributed by atoms with E-state index < -0.39 is 0 Å². The number of anilines is 2. The summed E-state index contributed by atoms with van der Waals surface area (Å²) in [5.41, 5.74) is 7.69. The first-order valence-electron chi connectivity index (χ1n) is 6.12. The van der Waals surface area contributed by atoms with Crippen LogP contribution in [0.5, 0.6) is 5.75 Å². The zero-order valence-electron chi connectivity index (χ0n) is 10.7. The number of hydrogen-bond acceptors (Lipinski definition) is 4. The Balaban J connectivity index is 2.44. The number of para-hydroxylation sites is 1. The molecule has 0 bridgehead atoms. The molecule has 0 saturated heterocycles. The minimum absolute atomic E-state index is 0.640. The number of ether oxygens (including phenoxy) is 1. The monoisotopic (exact) mass is 254 g/mol. The van der Waals surface area contributed by atoms with E-state index in [0.717, 1.165) is 24.4 Å². The smallest absolute Gasteiger partial charge is 0.144 e. The molecule has 4 heteroatoms. The van der Waals surface area contributed by atoms with E-state index >= 15 is 0 Å². The van der Waals surface area contributed by atoms with Gasteiger partial charge in [-0.05, 0) is 37.0 Å². The van der Waals surface area contributed by atoms with Gasteiger partial charge in [0.15, 0.2) is 0 Å². The Labute approximate surface area is 108 Å². The van der Waals surface area contributed by atoms with Crippen molar-refractivity contribution in [3.63, 3.8) is 0 Å². The van der Waals surface area contributed by atoms with E-state index in [4.69, 9.17) is 10.5 Å². The Bertz CT molecular complexity index is 331. The van der Waals surface area contributed by atoms with Gasteiger partial charge in [-0.2, -0.15) is 11.8 Å². The number of nitrogens with one attached hydrogen (secondary N) is 1. The number of thioether (sulfide) groups is 1. The van der Waals surface area contributed by atoms with Crippen LogP contribution >= 0.6 is 11.8 Å². The SMILES string of the molecule is CCOc1cccc(NCCCSCC)c1N. The molecule has 0 unspecified atom stereocenters. The first-order valence-corrected chi connectivity index (χ1v) is 7.28. The van der Waals surface area contributed by atoms with E-state index in [1.54, 1.807) is 0 Å². The largest absolute Gasteiger partial charge is 0.492 e. The van der Waals surface area contributed by atoms with Crippen molar-refractivity contribution in [1.29, 1.82) is 0 Å². The van der Waals surface area contributed by atoms with Crippen molar-refractivity contribution in [3.05, 3.63) is 18.2 Å². The number of nitrogen functional groups attached to an aromatic ring is 1. The fourth-order valence-electron chi connectivity index (χ4n) is 1.52. The molecular weight excluding hydrogens is 232 g/mol. The summed E-state index contributed by atoms with van der Waals surface area (Å²) >= 11 is 1.96. The summed E-state index contributed by atoms with van der Waals surface area (Å²) in [6.45, 7) is 5.73. The lowest BCUT2D eigenvalue weighted by atomic mass is 10.2. The molecule has 17 heavy (non-hydrogen) atoms. The first-order chi connectivity index (χ1) is 8.29. The van der Waals surface area contributed by atoms with Crippen molar-refractivity contribution in [1.82, 2.24) is 0 Å². The van der Waals surface area contributed by atoms with Gasteiger partial charge in [-0.25, -0.2) is 0 Å². The molecule has 0 saturated carbocycles. The lowest BCUT2D eigenvalue weighted by molar-refractivity contribution is 0.342. The van der Waals surface area contributed by atoms with E-state index in [9.17, 15) is 0 Å². The first kappa shape index (κ1) is 14.0. The number of nitrogens with two attached hydrogens (primary N) is 1. The van der Waals surface area contributed by atoms with Crippen molar-refractivity contribution >= 4 is 23.1 Å². The molecule has 0 amide bonds. The van der Waals surface area contributed by atoms with Gasteiger partial charge >= 0.3 is 0 Å². The minimum Gasteiger partial charge on any atom is -0.492 e. The average molecular weight is 254 g/mol. The van der Waals surface area contributed by atoms with Crippen molar-refractivity contribution in [3.8, 4) is 5.75 Å². The molecule has 0 atom stereocenters. The van der Waals surface area contributed by atoms with Gasteiger partial charge < -0.3 is 15.8 Å². The van der Waals surface area contributed by atoms with Gasteiger partial charge in [-0.15, -0.1) is 0 Å². The Morgan fingerprint density at radius 2 is 2.18 bits per heavy atom. The number of rotatable bonds is 8. The summed E-state index contributed by atoms with van der Waals surface area (Å²) < 4.78 is 5.45. The summed E-state index contributed by atoms with van der Waals surface area (Å²) in [5.74, 6) is 3.14. The van der Waals surface area contributed by atoms with Crippen molar-refractivity contribution in [2.24, 2.45) is 0 Å². The highest BCUT2D eigenvalue weighted by molar-refractivity contribution is 7.99. The molecule has 1 aromatic rings. The highest BCUT2D eigenvalue weighted by atomic mass is 32.2. The van der Waals surface area contributed by atoms with Crippen LogP contribution in [0.1, 0.15) is 20.3 Å². The Morgan fingerprint density at radius 3 is 2.88 bits per heavy atom. The molecule has 96 valence electrons. The zero-order chi connectivity index (χ0) is 12.5. The van der Waals surface area contributed by atoms with Crippen LogP contribution in [0.2, 0.25) is 0 Å². The van der Waals surface area contributed by atoms with Crippen LogP contribution in [0, 0.1) is 0 Å². The van der Waals surface area contributed by atoms with Crippen molar-refractivity contribution < 1.29 is 4.74 Å². The Kier molecular flexibility index (Phi) is 6.70. The maximum Gasteiger partial charge on any atom is 0.144 e. The topological polar surface area (TPSA) is 47.3 Å². The van der Waals surface area contributed by atoms with Crippen molar-refractivity contribution in [2.75, 3.05) is 35.7 Å². The van der Waals surface area contributed by atoms with E-state index in [2.05, 4.69) is 12.2 Å². The van der Waals surface area contributed by atoms with Gasteiger partial charge in [-0.3, -0.25) is 0 Å². The molecule has 1 aromatic carbocycles. The molecule has 0 aliphatic carbocycles. The third-order valence-electron chi connectivity index (χ3n) is 2.35. The quantitative estimate of drug-likeness (QED) is 0.552. The summed E-state index contributed by atoms with van der Waals surface area (Å²) in [4.78, 5) is 0. The highest BCUT2D eigenvalue weighted by Gasteiger charge is 2.04. The van der Waals surface area contributed by atoms with E-state index in [1.165, 1.54) is 11.5 Å². The molecule has 0 fully saturated rings. The van der Waals surface area contributed by atoms with Crippen LogP contribution in [0.4, 0.5) is 11.4 Å². The number of benzene rings is 1. The summed E-state index contributed by atoms with van der Waals surface area (Å²) in [5, 5.41) is 3.35. The van der Waals surface area contributed by atoms with Crippen LogP contribution < -0.4 is 15.8 Å². The highest BCUT2D eigenvalue weighted by Crippen LogP contribution is 2.29. The zero-order valence-corrected chi connectivity index (χ0v) is 11.5. The molecule has 0 heterocycles. The maximum absolute atomic E-state index is 6.02. The molecule has 0 aliphatic heterocycles. The molecule has 0 radical (unpaired) electrons. The summed E-state index contributed by atoms with van der Waals surface area (Å²) in [7, 11) is 0. The predicted molar refractivity (Wildman–Crippen MR) is 78.1 cm³/mol. The predicted octanol–water partition coefficient (Wildman–Crippen LogP) is 3.22. The maximum atomic E-state index is 6.02. The second-order valence-corrected chi connectivity index (χ2v) is 5.02. The molecule has 0 spiro atoms. The third kappa shape index (κ3) is 4.77. The van der Waals surface area contributed by atoms with E-state index in [0.29, 0.717) is 12.3 Å². The normalized spacial score (nSPS) is 10.2. The molecular formula is C13H22N2OS. The van der Waals surface area contributed by atoms with Crippen LogP contribution in [-0.2, 0) is 0 Å². The van der Waals surface area contributed by atoms with Gasteiger partial charge in [-0.1, -0.05) is 13.0 Å². The lowest BCUT2D eigenvalue weighted by Crippen LogP contribution is -2.06. The average Bonchev–Trinajstić information content (AvgIpc) is 2.33. The Morgan fingerprint density at radius 1 is 1.35 bits per heavy atom. The second kappa shape index (κ2) is 8.12. The van der Waals surface area contributed by atoms with Crippen LogP contribution in [0.15, 0.2) is 18.2 Å². The molecule has 0 aromatic heterocycles. The molecule has 1 rings (SSSR count). The molecule has 3 nitrogen and oxygen atoms in total. The van der Waals surface area contributed by atoms with E-state index in [-0.39, 0.29) is 0 Å². The van der Waals surface area contributed by atoms with Gasteiger partial charge in [0.2, 0.25) is 0 Å². The van der Waals surface area contributed by atoms with Gasteiger partial charge in [0.1, 0.15) is 5.75 Å². The van der Waals surface area contributed by atoms with E-state index in [1.807, 2.05) is 36.9 Å². The van der Waals surface area contributed by atoms with Crippen LogP contribution in [0.25, 0.3) is 0 Å². The summed E-state index contributed by atoms with van der Waals surface area (Å²) in [6.07, 6.45) is 1.15. The fraction of sp³-hybridized carbons (Fsp3) is 0.538.